The van der Waals surface area contributed by atoms with Crippen molar-refractivity contribution in [3.63, 3.8) is 0 Å². The van der Waals surface area contributed by atoms with Crippen molar-refractivity contribution in [2.75, 3.05) is 0 Å². The van der Waals surface area contributed by atoms with Gasteiger partial charge in [-0.3, -0.25) is 4.79 Å². The number of hydrogen-bond acceptors (Lipinski definition) is 3. The molecule has 0 aliphatic heterocycles. The van der Waals surface area contributed by atoms with Crippen molar-refractivity contribution in [1.29, 1.82) is 0 Å². The maximum atomic E-state index is 10.8. The molecular weight excluding hydrogens is 318 g/mol. The highest BCUT2D eigenvalue weighted by atomic mass is 127. The Morgan fingerprint density at radius 1 is 1.36 bits per heavy atom. The van der Waals surface area contributed by atoms with Gasteiger partial charge in [0.15, 0.2) is 11.5 Å². The Kier molecular flexibility index (Phi) is 3.77. The van der Waals surface area contributed by atoms with Gasteiger partial charge in [-0.1, -0.05) is 17.7 Å². The van der Waals surface area contributed by atoms with Gasteiger partial charge in [-0.2, -0.15) is 0 Å². The second kappa shape index (κ2) is 4.65. The largest absolute Gasteiger partial charge is 0.504 e. The Hall–Kier alpha value is -0.750. The standard InChI is InChI=1S/C9H6ClIO3/c10-6(9(11)14)3-5-1-2-7(12)8(13)4-5/h1-4,12-13H/b6-3-. The predicted octanol–water partition coefficient (Wildman–Crippen LogP) is 2.64. The second-order valence-corrected chi connectivity index (χ2v) is 3.90. The van der Waals surface area contributed by atoms with E-state index in [2.05, 4.69) is 0 Å². The molecule has 1 aromatic rings. The monoisotopic (exact) mass is 324 g/mol. The number of allylic oxidation sites excluding steroid dienone is 1. The molecule has 0 heterocycles. The molecule has 2 N–H and O–H groups in total. The molecule has 0 fully saturated rings. The highest BCUT2D eigenvalue weighted by Crippen LogP contribution is 2.26. The van der Waals surface area contributed by atoms with Gasteiger partial charge in [0, 0.05) is 22.6 Å². The minimum absolute atomic E-state index is 0.0655. The lowest BCUT2D eigenvalue weighted by atomic mass is 10.2. The molecule has 0 radical (unpaired) electrons. The van der Waals surface area contributed by atoms with E-state index < -0.39 is 0 Å². The van der Waals surface area contributed by atoms with E-state index in [1.54, 1.807) is 22.6 Å². The maximum Gasteiger partial charge on any atom is 0.233 e. The van der Waals surface area contributed by atoms with Crippen LogP contribution in [0, 0.1) is 0 Å². The Balaban J connectivity index is 3.04. The molecule has 0 unspecified atom stereocenters. The summed E-state index contributed by atoms with van der Waals surface area (Å²) >= 11 is 7.16. The van der Waals surface area contributed by atoms with Gasteiger partial charge < -0.3 is 10.2 Å². The van der Waals surface area contributed by atoms with Crippen LogP contribution in [0.2, 0.25) is 0 Å². The van der Waals surface area contributed by atoms with Crippen LogP contribution in [0.15, 0.2) is 23.2 Å². The van der Waals surface area contributed by atoms with Crippen LogP contribution in [0.5, 0.6) is 11.5 Å². The normalized spacial score (nSPS) is 11.4. The van der Waals surface area contributed by atoms with Crippen LogP contribution >= 0.6 is 34.2 Å². The van der Waals surface area contributed by atoms with Gasteiger partial charge in [0.2, 0.25) is 3.79 Å². The van der Waals surface area contributed by atoms with Gasteiger partial charge in [0.25, 0.3) is 0 Å². The van der Waals surface area contributed by atoms with Crippen LogP contribution in [0.4, 0.5) is 0 Å². The number of phenols is 2. The van der Waals surface area contributed by atoms with E-state index in [0.717, 1.165) is 0 Å². The zero-order valence-corrected chi connectivity index (χ0v) is 9.78. The molecule has 0 aliphatic carbocycles. The van der Waals surface area contributed by atoms with E-state index in [1.165, 1.54) is 24.3 Å². The summed E-state index contributed by atoms with van der Waals surface area (Å²) in [6.45, 7) is 0. The molecule has 0 atom stereocenters. The molecular formula is C9H6ClIO3. The molecule has 1 aromatic carbocycles. The van der Waals surface area contributed by atoms with Crippen molar-refractivity contribution in [2.24, 2.45) is 0 Å². The first-order valence-electron chi connectivity index (χ1n) is 3.59. The average molecular weight is 325 g/mol. The van der Waals surface area contributed by atoms with Gasteiger partial charge >= 0.3 is 0 Å². The number of phenolic OH excluding ortho intramolecular Hbond substituents is 2. The van der Waals surface area contributed by atoms with Crippen molar-refractivity contribution < 1.29 is 15.0 Å². The summed E-state index contributed by atoms with van der Waals surface area (Å²) < 4.78 is -0.281. The number of carbonyl (C=O) groups excluding carboxylic acids is 1. The fourth-order valence-corrected chi connectivity index (χ4v) is 1.12. The van der Waals surface area contributed by atoms with Crippen LogP contribution in [0.3, 0.4) is 0 Å². The Labute approximate surface area is 99.2 Å². The quantitative estimate of drug-likeness (QED) is 0.380. The number of aromatic hydroxyl groups is 2. The highest BCUT2D eigenvalue weighted by Gasteiger charge is 2.03. The van der Waals surface area contributed by atoms with E-state index >= 15 is 0 Å². The number of hydrogen-bond donors (Lipinski definition) is 2. The van der Waals surface area contributed by atoms with E-state index in [1.807, 2.05) is 0 Å². The number of carbonyl (C=O) groups is 1. The molecule has 74 valence electrons. The molecule has 0 aromatic heterocycles. The zero-order valence-electron chi connectivity index (χ0n) is 6.87. The third-order valence-electron chi connectivity index (χ3n) is 1.48. The SMILES string of the molecule is O=C(I)/C(Cl)=C/c1ccc(O)c(O)c1. The fraction of sp³-hybridized carbons (Fsp3) is 0. The van der Waals surface area contributed by atoms with Gasteiger partial charge in [-0.15, -0.1) is 0 Å². The first-order valence-corrected chi connectivity index (χ1v) is 5.05. The summed E-state index contributed by atoms with van der Waals surface area (Å²) in [5.41, 5.74) is 0.551. The summed E-state index contributed by atoms with van der Waals surface area (Å²) in [6, 6.07) is 4.18. The predicted molar refractivity (Wildman–Crippen MR) is 62.6 cm³/mol. The van der Waals surface area contributed by atoms with Crippen LogP contribution in [-0.4, -0.2) is 14.0 Å². The van der Waals surface area contributed by atoms with Crippen molar-refractivity contribution >= 4 is 44.1 Å². The molecule has 0 bridgehead atoms. The van der Waals surface area contributed by atoms with E-state index in [4.69, 9.17) is 21.8 Å². The van der Waals surface area contributed by atoms with Crippen molar-refractivity contribution in [3.05, 3.63) is 28.8 Å². The average Bonchev–Trinajstić information content (AvgIpc) is 2.11. The smallest absolute Gasteiger partial charge is 0.233 e. The Morgan fingerprint density at radius 2 is 2.00 bits per heavy atom. The first kappa shape index (κ1) is 11.3. The summed E-state index contributed by atoms with van der Waals surface area (Å²) in [4.78, 5) is 10.8. The second-order valence-electron chi connectivity index (χ2n) is 2.51. The molecule has 0 saturated carbocycles. The summed E-state index contributed by atoms with van der Waals surface area (Å²) in [7, 11) is 0. The highest BCUT2D eigenvalue weighted by molar-refractivity contribution is 14.1. The third kappa shape index (κ3) is 2.88. The third-order valence-corrected chi connectivity index (χ3v) is 2.66. The topological polar surface area (TPSA) is 57.5 Å². The molecule has 5 heteroatoms. The minimum Gasteiger partial charge on any atom is -0.504 e. The van der Waals surface area contributed by atoms with Crippen LogP contribution < -0.4 is 0 Å². The van der Waals surface area contributed by atoms with Crippen molar-refractivity contribution in [2.45, 2.75) is 0 Å². The zero-order chi connectivity index (χ0) is 10.7. The lowest BCUT2D eigenvalue weighted by Gasteiger charge is -1.98. The summed E-state index contributed by atoms with van der Waals surface area (Å²) in [5, 5.41) is 18.2. The number of rotatable bonds is 2. The lowest BCUT2D eigenvalue weighted by molar-refractivity contribution is -0.105. The van der Waals surface area contributed by atoms with Crippen molar-refractivity contribution in [3.8, 4) is 11.5 Å². The van der Waals surface area contributed by atoms with Gasteiger partial charge in [0.1, 0.15) is 0 Å². The minimum atomic E-state index is -0.281. The fourth-order valence-electron chi connectivity index (χ4n) is 0.833. The molecule has 0 amide bonds. The molecule has 0 saturated heterocycles. The van der Waals surface area contributed by atoms with Crippen LogP contribution in [0.1, 0.15) is 5.56 Å². The first-order chi connectivity index (χ1) is 6.50. The number of benzene rings is 1. The van der Waals surface area contributed by atoms with Gasteiger partial charge in [-0.05, 0) is 23.8 Å². The van der Waals surface area contributed by atoms with Crippen molar-refractivity contribution in [1.82, 2.24) is 0 Å². The molecule has 1 rings (SSSR count). The maximum absolute atomic E-state index is 10.8. The number of halogens is 2. The molecule has 0 spiro atoms. The van der Waals surface area contributed by atoms with E-state index in [-0.39, 0.29) is 20.3 Å². The molecule has 14 heavy (non-hydrogen) atoms. The molecule has 3 nitrogen and oxygen atoms in total. The Morgan fingerprint density at radius 3 is 2.50 bits per heavy atom. The molecule has 0 aliphatic rings. The van der Waals surface area contributed by atoms with Crippen LogP contribution in [-0.2, 0) is 4.79 Å². The Bertz CT molecular complexity index is 401. The lowest BCUT2D eigenvalue weighted by Crippen LogP contribution is -1.83. The van der Waals surface area contributed by atoms with E-state index in [9.17, 15) is 4.79 Å². The van der Waals surface area contributed by atoms with Gasteiger partial charge in [0.05, 0.1) is 5.03 Å². The summed E-state index contributed by atoms with van der Waals surface area (Å²) in [5.74, 6) is -0.455. The van der Waals surface area contributed by atoms with E-state index in [0.29, 0.717) is 5.56 Å². The summed E-state index contributed by atoms with van der Waals surface area (Å²) in [6.07, 6.45) is 1.41. The van der Waals surface area contributed by atoms with Crippen LogP contribution in [0.25, 0.3) is 6.08 Å². The van der Waals surface area contributed by atoms with Gasteiger partial charge in [-0.25, -0.2) is 0 Å².